The summed E-state index contributed by atoms with van der Waals surface area (Å²) in [7, 11) is 1.93. The summed E-state index contributed by atoms with van der Waals surface area (Å²) in [6.45, 7) is 2.84. The molecule has 1 heterocycles. The molecule has 1 aromatic heterocycles. The molecule has 1 unspecified atom stereocenters. The van der Waals surface area contributed by atoms with Crippen LogP contribution in [0.2, 0.25) is 0 Å². The molecule has 3 nitrogen and oxygen atoms in total. The van der Waals surface area contributed by atoms with E-state index in [0.29, 0.717) is 6.04 Å². The van der Waals surface area contributed by atoms with Gasteiger partial charge in [0.2, 0.25) is 0 Å². The number of hydrogen-bond acceptors (Lipinski definition) is 2. The number of fused-ring (bicyclic) bond motifs is 1. The second-order valence-electron chi connectivity index (χ2n) is 4.25. The first kappa shape index (κ1) is 11.9. The van der Waals surface area contributed by atoms with Crippen molar-refractivity contribution in [3.63, 3.8) is 0 Å². The minimum Gasteiger partial charge on any atom is -0.315 e. The van der Waals surface area contributed by atoms with Gasteiger partial charge in [0.15, 0.2) is 0 Å². The quantitative estimate of drug-likeness (QED) is 0.871. The lowest BCUT2D eigenvalue weighted by molar-refractivity contribution is 0.463. The van der Waals surface area contributed by atoms with E-state index in [0.717, 1.165) is 23.7 Å². The summed E-state index contributed by atoms with van der Waals surface area (Å²) >= 11 is 0. The summed E-state index contributed by atoms with van der Waals surface area (Å²) in [6, 6.07) is 10.1. The highest BCUT2D eigenvalue weighted by molar-refractivity contribution is 5.81. The van der Waals surface area contributed by atoms with Gasteiger partial charge < -0.3 is 9.88 Å². The summed E-state index contributed by atoms with van der Waals surface area (Å²) in [6.07, 6.45) is 2.89. The molecule has 1 N–H and O–H groups in total. The average molecular weight is 230 g/mol. The van der Waals surface area contributed by atoms with Crippen LogP contribution < -0.4 is 10.9 Å². The van der Waals surface area contributed by atoms with Crippen LogP contribution in [0.25, 0.3) is 10.8 Å². The summed E-state index contributed by atoms with van der Waals surface area (Å²) in [5, 5.41) is 5.01. The van der Waals surface area contributed by atoms with Gasteiger partial charge in [0.25, 0.3) is 5.56 Å². The number of aromatic nitrogens is 1. The van der Waals surface area contributed by atoms with E-state index in [1.165, 1.54) is 0 Å². The van der Waals surface area contributed by atoms with Crippen LogP contribution in [-0.2, 0) is 6.54 Å². The van der Waals surface area contributed by atoms with Crippen molar-refractivity contribution in [3.8, 4) is 0 Å². The standard InChI is InChI=1S/C14H18N2O/c1-3-12(15-2)10-16-9-8-11-6-4-5-7-13(11)14(16)17/h4-9,12,15H,3,10H2,1-2H3. The molecule has 3 heteroatoms. The largest absolute Gasteiger partial charge is 0.315 e. The van der Waals surface area contributed by atoms with Crippen LogP contribution in [0.1, 0.15) is 13.3 Å². The Morgan fingerprint density at radius 1 is 1.29 bits per heavy atom. The topological polar surface area (TPSA) is 34.0 Å². The highest BCUT2D eigenvalue weighted by Gasteiger charge is 2.07. The maximum Gasteiger partial charge on any atom is 0.258 e. The van der Waals surface area contributed by atoms with Gasteiger partial charge in [-0.2, -0.15) is 0 Å². The molecule has 0 aliphatic heterocycles. The molecule has 0 saturated carbocycles. The van der Waals surface area contributed by atoms with Crippen molar-refractivity contribution in [1.29, 1.82) is 0 Å². The number of likely N-dealkylation sites (N-methyl/N-ethyl adjacent to an activating group) is 1. The first-order valence-electron chi connectivity index (χ1n) is 6.01. The number of nitrogens with one attached hydrogen (secondary N) is 1. The first-order chi connectivity index (χ1) is 8.26. The lowest BCUT2D eigenvalue weighted by Crippen LogP contribution is -2.33. The van der Waals surface area contributed by atoms with Gasteiger partial charge in [-0.25, -0.2) is 0 Å². The number of rotatable bonds is 4. The number of nitrogens with zero attached hydrogens (tertiary/aromatic N) is 1. The second-order valence-corrected chi connectivity index (χ2v) is 4.25. The van der Waals surface area contributed by atoms with Gasteiger partial charge in [-0.05, 0) is 31.0 Å². The van der Waals surface area contributed by atoms with E-state index in [1.807, 2.05) is 43.6 Å². The number of hydrogen-bond donors (Lipinski definition) is 1. The van der Waals surface area contributed by atoms with Gasteiger partial charge in [0, 0.05) is 24.2 Å². The van der Waals surface area contributed by atoms with E-state index in [-0.39, 0.29) is 5.56 Å². The van der Waals surface area contributed by atoms with Crippen LogP contribution in [0.15, 0.2) is 41.3 Å². The molecular formula is C14H18N2O. The van der Waals surface area contributed by atoms with Crippen molar-refractivity contribution in [3.05, 3.63) is 46.9 Å². The van der Waals surface area contributed by atoms with Gasteiger partial charge >= 0.3 is 0 Å². The van der Waals surface area contributed by atoms with E-state index in [1.54, 1.807) is 4.57 Å². The molecule has 0 saturated heterocycles. The summed E-state index contributed by atoms with van der Waals surface area (Å²) in [4.78, 5) is 12.2. The molecule has 0 aliphatic rings. The third-order valence-corrected chi connectivity index (χ3v) is 3.20. The van der Waals surface area contributed by atoms with Crippen LogP contribution >= 0.6 is 0 Å². The van der Waals surface area contributed by atoms with Crippen molar-refractivity contribution in [2.45, 2.75) is 25.9 Å². The Balaban J connectivity index is 2.42. The third kappa shape index (κ3) is 2.39. The minimum absolute atomic E-state index is 0.0943. The monoisotopic (exact) mass is 230 g/mol. The molecule has 2 aromatic rings. The third-order valence-electron chi connectivity index (χ3n) is 3.20. The van der Waals surface area contributed by atoms with E-state index in [9.17, 15) is 4.79 Å². The summed E-state index contributed by atoms with van der Waals surface area (Å²) < 4.78 is 1.78. The maximum absolute atomic E-state index is 12.2. The fourth-order valence-electron chi connectivity index (χ4n) is 2.04. The fraction of sp³-hybridized carbons (Fsp3) is 0.357. The SMILES string of the molecule is CCC(Cn1ccc2ccccc2c1=O)NC. The van der Waals surface area contributed by atoms with E-state index >= 15 is 0 Å². The normalized spacial score (nSPS) is 12.8. The molecule has 0 bridgehead atoms. The minimum atomic E-state index is 0.0943. The van der Waals surface area contributed by atoms with Crippen molar-refractivity contribution in [2.75, 3.05) is 7.05 Å². The molecule has 0 amide bonds. The maximum atomic E-state index is 12.2. The first-order valence-corrected chi connectivity index (χ1v) is 6.01. The Hall–Kier alpha value is -1.61. The van der Waals surface area contributed by atoms with Crippen molar-refractivity contribution in [2.24, 2.45) is 0 Å². The molecule has 0 spiro atoms. The Morgan fingerprint density at radius 3 is 2.76 bits per heavy atom. The highest BCUT2D eigenvalue weighted by Crippen LogP contribution is 2.08. The predicted molar refractivity (Wildman–Crippen MR) is 71.3 cm³/mol. The molecule has 0 aliphatic carbocycles. The van der Waals surface area contributed by atoms with E-state index in [2.05, 4.69) is 12.2 Å². The molecular weight excluding hydrogens is 212 g/mol. The zero-order valence-electron chi connectivity index (χ0n) is 10.3. The average Bonchev–Trinajstić information content (AvgIpc) is 2.38. The van der Waals surface area contributed by atoms with Gasteiger partial charge in [0.1, 0.15) is 0 Å². The molecule has 1 atom stereocenters. The van der Waals surface area contributed by atoms with Gasteiger partial charge in [0.05, 0.1) is 0 Å². The van der Waals surface area contributed by atoms with E-state index in [4.69, 9.17) is 0 Å². The smallest absolute Gasteiger partial charge is 0.258 e. The lowest BCUT2D eigenvalue weighted by Gasteiger charge is -2.15. The van der Waals surface area contributed by atoms with E-state index < -0.39 is 0 Å². The van der Waals surface area contributed by atoms with Gasteiger partial charge in [-0.15, -0.1) is 0 Å². The molecule has 0 radical (unpaired) electrons. The zero-order valence-corrected chi connectivity index (χ0v) is 10.3. The van der Waals surface area contributed by atoms with Crippen LogP contribution in [-0.4, -0.2) is 17.7 Å². The van der Waals surface area contributed by atoms with Crippen LogP contribution in [0.4, 0.5) is 0 Å². The molecule has 0 fully saturated rings. The van der Waals surface area contributed by atoms with Crippen molar-refractivity contribution < 1.29 is 0 Å². The summed E-state index contributed by atoms with van der Waals surface area (Å²) in [5.74, 6) is 0. The van der Waals surface area contributed by atoms with Gasteiger partial charge in [-0.1, -0.05) is 25.1 Å². The van der Waals surface area contributed by atoms with Crippen LogP contribution in [0.5, 0.6) is 0 Å². The Kier molecular flexibility index (Phi) is 3.59. The van der Waals surface area contributed by atoms with Crippen LogP contribution in [0, 0.1) is 0 Å². The lowest BCUT2D eigenvalue weighted by atomic mass is 10.1. The second kappa shape index (κ2) is 5.15. The van der Waals surface area contributed by atoms with Crippen molar-refractivity contribution in [1.82, 2.24) is 9.88 Å². The molecule has 90 valence electrons. The zero-order chi connectivity index (χ0) is 12.3. The molecule has 1 aromatic carbocycles. The van der Waals surface area contributed by atoms with Gasteiger partial charge in [-0.3, -0.25) is 4.79 Å². The summed E-state index contributed by atoms with van der Waals surface area (Å²) in [5.41, 5.74) is 0.0943. The van der Waals surface area contributed by atoms with Crippen molar-refractivity contribution >= 4 is 10.8 Å². The van der Waals surface area contributed by atoms with Crippen LogP contribution in [0.3, 0.4) is 0 Å². The Labute approximate surface area is 101 Å². The number of pyridine rings is 1. The Morgan fingerprint density at radius 2 is 2.06 bits per heavy atom. The molecule has 17 heavy (non-hydrogen) atoms. The molecule has 2 rings (SSSR count). The fourth-order valence-corrected chi connectivity index (χ4v) is 2.04. The Bertz CT molecular complexity index is 555. The predicted octanol–water partition coefficient (Wildman–Crippen LogP) is 2.00. The highest BCUT2D eigenvalue weighted by atomic mass is 16.1. The number of benzene rings is 1.